The van der Waals surface area contributed by atoms with E-state index in [1.165, 1.54) is 48.8 Å². The van der Waals surface area contributed by atoms with Crippen LogP contribution in [0.3, 0.4) is 0 Å². The number of furan rings is 2. The first-order chi connectivity index (χ1) is 21.8. The van der Waals surface area contributed by atoms with Crippen molar-refractivity contribution < 1.29 is 8.83 Å². The fourth-order valence-corrected chi connectivity index (χ4v) is 7.30. The molecule has 0 spiro atoms. The topological polar surface area (TPSA) is 26.3 Å². The van der Waals surface area contributed by atoms with E-state index < -0.39 is 0 Å². The summed E-state index contributed by atoms with van der Waals surface area (Å²) in [6.45, 7) is 0. The van der Waals surface area contributed by atoms with Gasteiger partial charge in [-0.3, -0.25) is 0 Å². The normalized spacial score (nSPS) is 12.1. The Bertz CT molecular complexity index is 2670. The van der Waals surface area contributed by atoms with Crippen molar-refractivity contribution in [2.75, 3.05) is 0 Å². The van der Waals surface area contributed by atoms with Gasteiger partial charge in [-0.25, -0.2) is 0 Å². The van der Waals surface area contributed by atoms with E-state index in [0.29, 0.717) is 0 Å². The smallest absolute Gasteiger partial charge is 0.143 e. The molecule has 8 aromatic carbocycles. The molecule has 0 saturated heterocycles. The van der Waals surface area contributed by atoms with Crippen LogP contribution < -0.4 is 0 Å². The predicted octanol–water partition coefficient (Wildman–Crippen LogP) is 12.3. The summed E-state index contributed by atoms with van der Waals surface area (Å²) >= 11 is 0. The van der Waals surface area contributed by atoms with Gasteiger partial charge in [0.25, 0.3) is 0 Å². The molecule has 2 nitrogen and oxygen atoms in total. The zero-order valence-electron chi connectivity index (χ0n) is 23.7. The minimum Gasteiger partial charge on any atom is -0.456 e. The Morgan fingerprint density at radius 2 is 0.955 bits per heavy atom. The second kappa shape index (κ2) is 8.82. The van der Waals surface area contributed by atoms with Gasteiger partial charge in [-0.2, -0.15) is 0 Å². The molecule has 0 radical (unpaired) electrons. The summed E-state index contributed by atoms with van der Waals surface area (Å²) in [4.78, 5) is 0. The van der Waals surface area contributed by atoms with Gasteiger partial charge in [0.1, 0.15) is 22.5 Å². The Morgan fingerprint density at radius 3 is 1.68 bits per heavy atom. The standard InChI is InChI=1S/C42H24O2/c1-2-12-27-23-37-28(22-26(27)11-1)24-38(43-37)40-32-16-7-5-14-30(32)39(31-15-6-8-17-33(31)40)34-18-9-19-36-41(34)35-21-20-25-10-3-4-13-29(25)42(35)44-36/h1-24H. The Morgan fingerprint density at radius 1 is 0.341 bits per heavy atom. The predicted molar refractivity (Wildman–Crippen MR) is 184 cm³/mol. The zero-order valence-corrected chi connectivity index (χ0v) is 23.7. The summed E-state index contributed by atoms with van der Waals surface area (Å²) < 4.78 is 13.3. The van der Waals surface area contributed by atoms with Gasteiger partial charge in [-0.05, 0) is 79.2 Å². The van der Waals surface area contributed by atoms with Crippen LogP contribution in [-0.4, -0.2) is 0 Å². The van der Waals surface area contributed by atoms with Crippen LogP contribution in [0.2, 0.25) is 0 Å². The second-order valence-corrected chi connectivity index (χ2v) is 11.6. The first kappa shape index (κ1) is 23.7. The van der Waals surface area contributed by atoms with E-state index >= 15 is 0 Å². The first-order valence-electron chi connectivity index (χ1n) is 15.0. The largest absolute Gasteiger partial charge is 0.456 e. The molecule has 2 aromatic heterocycles. The SMILES string of the molecule is c1ccc2cc3oc(-c4c5ccccc5c(-c5cccc6oc7c8ccccc8ccc7c56)c5ccccc45)cc3cc2c1. The van der Waals surface area contributed by atoms with Crippen LogP contribution in [0, 0.1) is 0 Å². The summed E-state index contributed by atoms with van der Waals surface area (Å²) in [6, 6.07) is 51.8. The maximum atomic E-state index is 6.67. The molecule has 0 bridgehead atoms. The molecule has 0 saturated carbocycles. The second-order valence-electron chi connectivity index (χ2n) is 11.6. The lowest BCUT2D eigenvalue weighted by Gasteiger charge is -2.17. The molecule has 0 atom stereocenters. The highest BCUT2D eigenvalue weighted by atomic mass is 16.3. The van der Waals surface area contributed by atoms with Crippen molar-refractivity contribution in [3.63, 3.8) is 0 Å². The molecule has 0 aliphatic rings. The minimum atomic E-state index is 0.882. The van der Waals surface area contributed by atoms with Crippen molar-refractivity contribution in [1.29, 1.82) is 0 Å². The Kier molecular flexibility index (Phi) is 4.75. The first-order valence-corrected chi connectivity index (χ1v) is 15.0. The van der Waals surface area contributed by atoms with E-state index in [9.17, 15) is 0 Å². The summed E-state index contributed by atoms with van der Waals surface area (Å²) in [5, 5.41) is 12.8. The lowest BCUT2D eigenvalue weighted by atomic mass is 9.86. The molecule has 2 heterocycles. The zero-order chi connectivity index (χ0) is 28.8. The maximum absolute atomic E-state index is 6.67. The summed E-state index contributed by atoms with van der Waals surface area (Å²) in [7, 11) is 0. The number of hydrogen-bond donors (Lipinski definition) is 0. The Hall–Kier alpha value is -5.86. The Balaban J connectivity index is 1.32. The van der Waals surface area contributed by atoms with Crippen molar-refractivity contribution in [1.82, 2.24) is 0 Å². The van der Waals surface area contributed by atoms with E-state index in [1.54, 1.807) is 0 Å². The van der Waals surface area contributed by atoms with Gasteiger partial charge in [0.15, 0.2) is 0 Å². The third-order valence-corrected chi connectivity index (χ3v) is 9.22. The van der Waals surface area contributed by atoms with Gasteiger partial charge >= 0.3 is 0 Å². The number of benzene rings is 8. The molecule has 0 aliphatic carbocycles. The van der Waals surface area contributed by atoms with E-state index in [1.807, 2.05) is 0 Å². The molecule has 0 fully saturated rings. The van der Waals surface area contributed by atoms with Crippen LogP contribution in [0.1, 0.15) is 0 Å². The summed E-state index contributed by atoms with van der Waals surface area (Å²) in [5.74, 6) is 0.882. The number of fused-ring (bicyclic) bond motifs is 9. The van der Waals surface area contributed by atoms with Crippen LogP contribution in [-0.2, 0) is 0 Å². The van der Waals surface area contributed by atoms with Gasteiger partial charge in [-0.15, -0.1) is 0 Å². The van der Waals surface area contributed by atoms with Crippen LogP contribution >= 0.6 is 0 Å². The molecule has 10 aromatic rings. The van der Waals surface area contributed by atoms with Crippen LogP contribution in [0.15, 0.2) is 154 Å². The average Bonchev–Trinajstić information content (AvgIpc) is 3.67. The van der Waals surface area contributed by atoms with E-state index in [0.717, 1.165) is 49.6 Å². The van der Waals surface area contributed by atoms with Gasteiger partial charge in [0, 0.05) is 27.1 Å². The Labute approximate surface area is 252 Å². The maximum Gasteiger partial charge on any atom is 0.143 e. The number of rotatable bonds is 2. The highest BCUT2D eigenvalue weighted by Crippen LogP contribution is 2.48. The fourth-order valence-electron chi connectivity index (χ4n) is 7.30. The third kappa shape index (κ3) is 3.25. The van der Waals surface area contributed by atoms with Crippen LogP contribution in [0.25, 0.3) is 98.4 Å². The van der Waals surface area contributed by atoms with E-state index in [4.69, 9.17) is 8.83 Å². The van der Waals surface area contributed by atoms with Crippen LogP contribution in [0.4, 0.5) is 0 Å². The average molecular weight is 561 g/mol. The molecule has 0 amide bonds. The van der Waals surface area contributed by atoms with Crippen molar-refractivity contribution >= 4 is 76.0 Å². The molecule has 0 N–H and O–H groups in total. The fraction of sp³-hybridized carbons (Fsp3) is 0. The van der Waals surface area contributed by atoms with Gasteiger partial charge in [0.05, 0.1) is 0 Å². The van der Waals surface area contributed by atoms with Crippen molar-refractivity contribution in [2.24, 2.45) is 0 Å². The molecule has 44 heavy (non-hydrogen) atoms. The molecule has 2 heteroatoms. The molecule has 0 unspecified atom stereocenters. The molecular formula is C42H24O2. The van der Waals surface area contributed by atoms with Gasteiger partial charge in [-0.1, -0.05) is 115 Å². The summed E-state index contributed by atoms with van der Waals surface area (Å²) in [5.41, 5.74) is 6.24. The van der Waals surface area contributed by atoms with Gasteiger partial charge < -0.3 is 8.83 Å². The van der Waals surface area contributed by atoms with Crippen molar-refractivity contribution in [2.45, 2.75) is 0 Å². The molecule has 204 valence electrons. The molecular weight excluding hydrogens is 536 g/mol. The lowest BCUT2D eigenvalue weighted by Crippen LogP contribution is -1.90. The van der Waals surface area contributed by atoms with Crippen LogP contribution in [0.5, 0.6) is 0 Å². The van der Waals surface area contributed by atoms with Crippen molar-refractivity contribution in [3.05, 3.63) is 146 Å². The van der Waals surface area contributed by atoms with Gasteiger partial charge in [0.2, 0.25) is 0 Å². The minimum absolute atomic E-state index is 0.882. The quantitative estimate of drug-likeness (QED) is 0.197. The molecule has 0 aliphatic heterocycles. The van der Waals surface area contributed by atoms with E-state index in [2.05, 4.69) is 146 Å². The molecule has 10 rings (SSSR count). The van der Waals surface area contributed by atoms with Crippen molar-refractivity contribution in [3.8, 4) is 22.5 Å². The number of hydrogen-bond acceptors (Lipinski definition) is 2. The monoisotopic (exact) mass is 560 g/mol. The lowest BCUT2D eigenvalue weighted by molar-refractivity contribution is 0.633. The summed E-state index contributed by atoms with van der Waals surface area (Å²) in [6.07, 6.45) is 0. The highest BCUT2D eigenvalue weighted by molar-refractivity contribution is 6.27. The highest BCUT2D eigenvalue weighted by Gasteiger charge is 2.22. The van der Waals surface area contributed by atoms with E-state index in [-0.39, 0.29) is 0 Å². The third-order valence-electron chi connectivity index (χ3n) is 9.22.